The zero-order valence-electron chi connectivity index (χ0n) is 17.8. The van der Waals surface area contributed by atoms with Crippen molar-refractivity contribution in [3.05, 3.63) is 63.1 Å². The molecule has 0 aliphatic carbocycles. The highest BCUT2D eigenvalue weighted by molar-refractivity contribution is 6.35. The van der Waals surface area contributed by atoms with Gasteiger partial charge in [0.05, 0.1) is 0 Å². The molecule has 1 N–H and O–H groups in total. The van der Waals surface area contributed by atoms with Crippen LogP contribution in [0.25, 0.3) is 0 Å². The minimum Gasteiger partial charge on any atom is -0.483 e. The fourth-order valence-electron chi connectivity index (χ4n) is 2.90. The molecule has 2 amide bonds. The molecule has 0 heterocycles. The largest absolute Gasteiger partial charge is 0.483 e. The van der Waals surface area contributed by atoms with Gasteiger partial charge in [-0.1, -0.05) is 48.3 Å². The first-order valence-corrected chi connectivity index (χ1v) is 10.7. The van der Waals surface area contributed by atoms with Crippen molar-refractivity contribution >= 4 is 35.0 Å². The number of hydrogen-bond acceptors (Lipinski definition) is 3. The molecule has 0 aromatic heterocycles. The predicted molar refractivity (Wildman–Crippen MR) is 121 cm³/mol. The molecule has 0 fully saturated rings. The Bertz CT molecular complexity index is 902. The molecule has 1 atom stereocenters. The van der Waals surface area contributed by atoms with Crippen molar-refractivity contribution in [2.45, 2.75) is 46.7 Å². The standard InChI is InChI=1S/C23H28Cl2N2O3/c1-5-10-26-23(29)17(4)27(13-18-8-9-19(24)12-20(18)25)22(28)14-30-21-11-15(2)6-7-16(21)3/h6-9,11-12,17H,5,10,13-14H2,1-4H3,(H,26,29)/t17-/m0/s1. The zero-order valence-corrected chi connectivity index (χ0v) is 19.3. The summed E-state index contributed by atoms with van der Waals surface area (Å²) in [5.41, 5.74) is 2.69. The average molecular weight is 451 g/mol. The Morgan fingerprint density at radius 2 is 1.87 bits per heavy atom. The second kappa shape index (κ2) is 11.2. The van der Waals surface area contributed by atoms with Gasteiger partial charge in [0.1, 0.15) is 11.8 Å². The molecule has 0 radical (unpaired) electrons. The minimum absolute atomic E-state index is 0.172. The summed E-state index contributed by atoms with van der Waals surface area (Å²) in [6.45, 7) is 8.09. The van der Waals surface area contributed by atoms with E-state index in [9.17, 15) is 9.59 Å². The molecule has 7 heteroatoms. The smallest absolute Gasteiger partial charge is 0.261 e. The lowest BCUT2D eigenvalue weighted by Gasteiger charge is -2.29. The summed E-state index contributed by atoms with van der Waals surface area (Å²) in [6, 6.07) is 10.2. The van der Waals surface area contributed by atoms with Crippen molar-refractivity contribution in [1.29, 1.82) is 0 Å². The number of benzene rings is 2. The topological polar surface area (TPSA) is 58.6 Å². The van der Waals surface area contributed by atoms with Crippen molar-refractivity contribution in [3.8, 4) is 5.75 Å². The molecule has 0 unspecified atom stereocenters. The van der Waals surface area contributed by atoms with Gasteiger partial charge in [-0.2, -0.15) is 0 Å². The number of aryl methyl sites for hydroxylation is 2. The van der Waals surface area contributed by atoms with E-state index < -0.39 is 6.04 Å². The minimum atomic E-state index is -0.682. The van der Waals surface area contributed by atoms with E-state index in [0.29, 0.717) is 27.9 Å². The number of carbonyl (C=O) groups excluding carboxylic acids is 2. The quantitative estimate of drug-likeness (QED) is 0.588. The van der Waals surface area contributed by atoms with E-state index >= 15 is 0 Å². The maximum Gasteiger partial charge on any atom is 0.261 e. The Morgan fingerprint density at radius 3 is 2.53 bits per heavy atom. The van der Waals surface area contributed by atoms with Gasteiger partial charge < -0.3 is 15.0 Å². The monoisotopic (exact) mass is 450 g/mol. The lowest BCUT2D eigenvalue weighted by atomic mass is 10.1. The maximum absolute atomic E-state index is 13.1. The second-order valence-electron chi connectivity index (χ2n) is 7.28. The number of nitrogens with zero attached hydrogens (tertiary/aromatic N) is 1. The average Bonchev–Trinajstić information content (AvgIpc) is 2.71. The van der Waals surface area contributed by atoms with Gasteiger partial charge in [-0.25, -0.2) is 0 Å². The van der Waals surface area contributed by atoms with Crippen LogP contribution in [0.15, 0.2) is 36.4 Å². The van der Waals surface area contributed by atoms with Crippen LogP contribution in [0.4, 0.5) is 0 Å². The van der Waals surface area contributed by atoms with Crippen LogP contribution in [-0.4, -0.2) is 35.9 Å². The van der Waals surface area contributed by atoms with Gasteiger partial charge >= 0.3 is 0 Å². The third-order valence-corrected chi connectivity index (χ3v) is 5.35. The van der Waals surface area contributed by atoms with Crippen LogP contribution in [0.2, 0.25) is 10.0 Å². The summed E-state index contributed by atoms with van der Waals surface area (Å²) in [7, 11) is 0. The fraction of sp³-hybridized carbons (Fsp3) is 0.391. The fourth-order valence-corrected chi connectivity index (χ4v) is 3.37. The summed E-state index contributed by atoms with van der Waals surface area (Å²) in [5.74, 6) is 0.124. The molecule has 5 nitrogen and oxygen atoms in total. The molecule has 2 rings (SSSR count). The van der Waals surface area contributed by atoms with Gasteiger partial charge in [0.25, 0.3) is 5.91 Å². The van der Waals surface area contributed by atoms with Crippen LogP contribution < -0.4 is 10.1 Å². The first-order valence-electron chi connectivity index (χ1n) is 9.94. The third kappa shape index (κ3) is 6.64. The van der Waals surface area contributed by atoms with Crippen LogP contribution in [-0.2, 0) is 16.1 Å². The summed E-state index contributed by atoms with van der Waals surface area (Å²) >= 11 is 12.3. The molecular formula is C23H28Cl2N2O3. The number of halogens is 2. The summed E-state index contributed by atoms with van der Waals surface area (Å²) in [5, 5.41) is 3.79. The molecule has 0 aliphatic rings. The molecule has 0 saturated carbocycles. The Balaban J connectivity index is 2.21. The maximum atomic E-state index is 13.1. The lowest BCUT2D eigenvalue weighted by Crippen LogP contribution is -2.49. The molecule has 0 saturated heterocycles. The summed E-state index contributed by atoms with van der Waals surface area (Å²) in [4.78, 5) is 27.1. The molecule has 0 aliphatic heterocycles. The number of hydrogen-bond donors (Lipinski definition) is 1. The van der Waals surface area contributed by atoms with Crippen LogP contribution in [0.3, 0.4) is 0 Å². The highest BCUT2D eigenvalue weighted by Gasteiger charge is 2.27. The van der Waals surface area contributed by atoms with Crippen molar-refractivity contribution in [3.63, 3.8) is 0 Å². The van der Waals surface area contributed by atoms with E-state index in [1.807, 2.05) is 39.0 Å². The number of amides is 2. The van der Waals surface area contributed by atoms with Crippen molar-refractivity contribution in [2.24, 2.45) is 0 Å². The first kappa shape index (κ1) is 24.0. The Kier molecular flexibility index (Phi) is 9.00. The molecule has 2 aromatic rings. The van der Waals surface area contributed by atoms with E-state index in [2.05, 4.69) is 5.32 Å². The highest BCUT2D eigenvalue weighted by atomic mass is 35.5. The van der Waals surface area contributed by atoms with E-state index in [1.54, 1.807) is 25.1 Å². The zero-order chi connectivity index (χ0) is 22.3. The predicted octanol–water partition coefficient (Wildman–Crippen LogP) is 4.93. The molecular weight excluding hydrogens is 423 g/mol. The van der Waals surface area contributed by atoms with E-state index in [4.69, 9.17) is 27.9 Å². The SMILES string of the molecule is CCCNC(=O)[C@H](C)N(Cc1ccc(Cl)cc1Cl)C(=O)COc1cc(C)ccc1C. The lowest BCUT2D eigenvalue weighted by molar-refractivity contribution is -0.142. The Hall–Kier alpha value is -2.24. The van der Waals surface area contributed by atoms with Crippen molar-refractivity contribution in [1.82, 2.24) is 10.2 Å². The Labute approximate surface area is 188 Å². The molecule has 30 heavy (non-hydrogen) atoms. The molecule has 2 aromatic carbocycles. The molecule has 162 valence electrons. The van der Waals surface area contributed by atoms with Crippen LogP contribution in [0, 0.1) is 13.8 Å². The third-order valence-electron chi connectivity index (χ3n) is 4.77. The summed E-state index contributed by atoms with van der Waals surface area (Å²) in [6.07, 6.45) is 0.811. The second-order valence-corrected chi connectivity index (χ2v) is 8.13. The van der Waals surface area contributed by atoms with Gasteiger partial charge in [-0.3, -0.25) is 9.59 Å². The number of ether oxygens (including phenoxy) is 1. The normalized spacial score (nSPS) is 11.7. The van der Waals surface area contributed by atoms with Crippen molar-refractivity contribution in [2.75, 3.05) is 13.2 Å². The summed E-state index contributed by atoms with van der Waals surface area (Å²) < 4.78 is 5.78. The van der Waals surface area contributed by atoms with Crippen LogP contribution >= 0.6 is 23.2 Å². The van der Waals surface area contributed by atoms with E-state index in [-0.39, 0.29) is 25.0 Å². The number of rotatable bonds is 9. The van der Waals surface area contributed by atoms with E-state index in [0.717, 1.165) is 17.5 Å². The Morgan fingerprint density at radius 1 is 1.13 bits per heavy atom. The molecule has 0 bridgehead atoms. The van der Waals surface area contributed by atoms with Gasteiger partial charge in [0, 0.05) is 23.1 Å². The first-order chi connectivity index (χ1) is 14.2. The van der Waals surface area contributed by atoms with Crippen LogP contribution in [0.5, 0.6) is 5.75 Å². The van der Waals surface area contributed by atoms with Crippen LogP contribution in [0.1, 0.15) is 37.0 Å². The van der Waals surface area contributed by atoms with Gasteiger partial charge in [0.2, 0.25) is 5.91 Å². The highest BCUT2D eigenvalue weighted by Crippen LogP contribution is 2.24. The number of carbonyl (C=O) groups is 2. The molecule has 0 spiro atoms. The van der Waals surface area contributed by atoms with Gasteiger partial charge in [-0.05, 0) is 62.1 Å². The van der Waals surface area contributed by atoms with Gasteiger partial charge in [0.15, 0.2) is 6.61 Å². The number of nitrogens with one attached hydrogen (secondary N) is 1. The van der Waals surface area contributed by atoms with E-state index in [1.165, 1.54) is 4.90 Å². The van der Waals surface area contributed by atoms with Crippen molar-refractivity contribution < 1.29 is 14.3 Å². The van der Waals surface area contributed by atoms with Gasteiger partial charge in [-0.15, -0.1) is 0 Å².